The zero-order valence-corrected chi connectivity index (χ0v) is 17.7. The standard InChI is InChI=1S/C16H19ClN8O2.C2H6/c1-24-16(26)12-10(7-11(17)21-15(12)23-24)20-9-6-4-5-8(13(9)27-3)14(18)22-25(2)19;1-2/h4-7H,19H2,1-3H3,(H2,18,22)(H2,20,21,23);1-2H3. The number of hydrazone groups is 1. The van der Waals surface area contributed by atoms with Gasteiger partial charge in [-0.15, -0.1) is 5.10 Å². The summed E-state index contributed by atoms with van der Waals surface area (Å²) in [5, 5.41) is 11.7. The van der Waals surface area contributed by atoms with Gasteiger partial charge in [0.2, 0.25) is 0 Å². The third-order valence-electron chi connectivity index (χ3n) is 3.81. The molecule has 2 aromatic heterocycles. The summed E-state index contributed by atoms with van der Waals surface area (Å²) < 4.78 is 6.83. The zero-order valence-electron chi connectivity index (χ0n) is 16.9. The molecule has 0 fully saturated rings. The second-order valence-electron chi connectivity index (χ2n) is 5.76. The highest BCUT2D eigenvalue weighted by Gasteiger charge is 2.17. The number of nitrogens with two attached hydrogens (primary N) is 2. The number of rotatable bonds is 5. The van der Waals surface area contributed by atoms with Crippen LogP contribution in [0.25, 0.3) is 11.0 Å². The fourth-order valence-electron chi connectivity index (χ4n) is 2.71. The average Bonchev–Trinajstić information content (AvgIpc) is 2.96. The van der Waals surface area contributed by atoms with Gasteiger partial charge in [0.1, 0.15) is 10.5 Å². The van der Waals surface area contributed by atoms with Gasteiger partial charge in [-0.2, -0.15) is 0 Å². The number of halogens is 1. The number of aromatic nitrogens is 3. The maximum atomic E-state index is 12.4. The second kappa shape index (κ2) is 9.30. The number of benzene rings is 1. The van der Waals surface area contributed by atoms with Crippen LogP contribution >= 0.6 is 11.6 Å². The first-order chi connectivity index (χ1) is 13.8. The molecule has 29 heavy (non-hydrogen) atoms. The molecule has 156 valence electrons. The van der Waals surface area contributed by atoms with Gasteiger partial charge in [0, 0.05) is 14.1 Å². The van der Waals surface area contributed by atoms with Gasteiger partial charge in [-0.05, 0) is 18.2 Å². The molecule has 0 radical (unpaired) electrons. The maximum absolute atomic E-state index is 12.4. The predicted molar refractivity (Wildman–Crippen MR) is 117 cm³/mol. The van der Waals surface area contributed by atoms with Gasteiger partial charge in [-0.25, -0.2) is 15.9 Å². The van der Waals surface area contributed by atoms with E-state index >= 15 is 0 Å². The fraction of sp³-hybridized carbons (Fsp3) is 0.278. The largest absolute Gasteiger partial charge is 0.494 e. The minimum absolute atomic E-state index is 0.177. The number of fused-ring (bicyclic) bond motifs is 1. The SMILES string of the molecule is CC.COc1c(Nc2cc(Cl)nc3[nH]n(C)c(=O)c23)cccc1/C(N)=N/N(C)N. The number of pyridine rings is 1. The van der Waals surface area contributed by atoms with Gasteiger partial charge >= 0.3 is 0 Å². The molecule has 0 saturated heterocycles. The minimum Gasteiger partial charge on any atom is -0.494 e. The Bertz CT molecular complexity index is 1090. The van der Waals surface area contributed by atoms with E-state index in [1.165, 1.54) is 11.8 Å². The lowest BCUT2D eigenvalue weighted by Crippen LogP contribution is -2.26. The molecular formula is C18H25ClN8O2. The molecule has 11 heteroatoms. The van der Waals surface area contributed by atoms with E-state index in [0.29, 0.717) is 33.7 Å². The summed E-state index contributed by atoms with van der Waals surface area (Å²) in [7, 11) is 4.66. The zero-order chi connectivity index (χ0) is 21.7. The molecule has 6 N–H and O–H groups in total. The smallest absolute Gasteiger partial charge is 0.277 e. The van der Waals surface area contributed by atoms with Crippen LogP contribution in [0.15, 0.2) is 34.2 Å². The summed E-state index contributed by atoms with van der Waals surface area (Å²) in [5.74, 6) is 6.14. The van der Waals surface area contributed by atoms with Crippen LogP contribution in [0.3, 0.4) is 0 Å². The first-order valence-corrected chi connectivity index (χ1v) is 9.21. The topological polar surface area (TPSA) is 140 Å². The van der Waals surface area contributed by atoms with Crippen molar-refractivity contribution >= 4 is 39.8 Å². The van der Waals surface area contributed by atoms with Crippen molar-refractivity contribution in [2.24, 2.45) is 23.7 Å². The minimum atomic E-state index is -0.238. The van der Waals surface area contributed by atoms with Crippen molar-refractivity contribution in [1.82, 2.24) is 19.9 Å². The Morgan fingerprint density at radius 1 is 1.38 bits per heavy atom. The second-order valence-corrected chi connectivity index (χ2v) is 6.15. The Labute approximate surface area is 173 Å². The molecule has 0 amide bonds. The van der Waals surface area contributed by atoms with Crippen LogP contribution in [0.4, 0.5) is 11.4 Å². The van der Waals surface area contributed by atoms with Gasteiger partial charge in [-0.3, -0.25) is 14.6 Å². The molecule has 3 rings (SSSR count). The number of ether oxygens (including phenoxy) is 1. The van der Waals surface area contributed by atoms with Gasteiger partial charge < -0.3 is 15.8 Å². The average molecular weight is 421 g/mol. The van der Waals surface area contributed by atoms with Gasteiger partial charge in [-0.1, -0.05) is 31.5 Å². The van der Waals surface area contributed by atoms with Crippen molar-refractivity contribution in [2.45, 2.75) is 13.8 Å². The number of para-hydroxylation sites is 1. The van der Waals surface area contributed by atoms with Crippen LogP contribution < -0.4 is 27.2 Å². The number of nitrogens with one attached hydrogen (secondary N) is 2. The predicted octanol–water partition coefficient (Wildman–Crippen LogP) is 2.12. The van der Waals surface area contributed by atoms with E-state index in [9.17, 15) is 4.79 Å². The van der Waals surface area contributed by atoms with Crippen LogP contribution in [0.5, 0.6) is 5.75 Å². The Balaban J connectivity index is 0.00000145. The Hall–Kier alpha value is -3.24. The van der Waals surface area contributed by atoms with E-state index in [0.717, 1.165) is 5.12 Å². The van der Waals surface area contributed by atoms with Crippen molar-refractivity contribution in [1.29, 1.82) is 0 Å². The first kappa shape index (κ1) is 22.1. The molecule has 3 aromatic rings. The monoisotopic (exact) mass is 420 g/mol. The van der Waals surface area contributed by atoms with Gasteiger partial charge in [0.15, 0.2) is 17.2 Å². The molecule has 0 aliphatic rings. The highest BCUT2D eigenvalue weighted by atomic mass is 35.5. The number of hydrogen-bond acceptors (Lipinski definition) is 7. The lowest BCUT2D eigenvalue weighted by molar-refractivity contribution is 0.371. The van der Waals surface area contributed by atoms with Crippen LogP contribution in [-0.2, 0) is 7.05 Å². The number of hydrogen-bond donors (Lipinski definition) is 4. The number of amidine groups is 1. The number of hydrazine groups is 1. The van der Waals surface area contributed by atoms with Crippen molar-refractivity contribution in [3.8, 4) is 5.75 Å². The molecule has 2 heterocycles. The molecule has 0 saturated carbocycles. The van der Waals surface area contributed by atoms with Crippen molar-refractivity contribution in [3.05, 3.63) is 45.3 Å². The molecule has 0 atom stereocenters. The van der Waals surface area contributed by atoms with Crippen molar-refractivity contribution in [2.75, 3.05) is 19.5 Å². The fourth-order valence-corrected chi connectivity index (χ4v) is 2.91. The third-order valence-corrected chi connectivity index (χ3v) is 4.00. The number of nitrogens with zero attached hydrogens (tertiary/aromatic N) is 4. The highest BCUT2D eigenvalue weighted by Crippen LogP contribution is 2.33. The number of aryl methyl sites for hydroxylation is 1. The summed E-state index contributed by atoms with van der Waals surface area (Å²) in [6.07, 6.45) is 0. The molecule has 0 unspecified atom stereocenters. The molecule has 0 spiro atoms. The lowest BCUT2D eigenvalue weighted by Gasteiger charge is -2.16. The number of anilines is 2. The number of aromatic amines is 1. The molecular weight excluding hydrogens is 396 g/mol. The van der Waals surface area contributed by atoms with Crippen LogP contribution in [0.1, 0.15) is 19.4 Å². The van der Waals surface area contributed by atoms with E-state index in [1.807, 2.05) is 13.8 Å². The molecule has 0 bridgehead atoms. The summed E-state index contributed by atoms with van der Waals surface area (Å²) in [5.41, 5.74) is 7.73. The van der Waals surface area contributed by atoms with E-state index in [2.05, 4.69) is 20.5 Å². The quantitative estimate of drug-likeness (QED) is 0.163. The van der Waals surface area contributed by atoms with Crippen LogP contribution in [0, 0.1) is 0 Å². The maximum Gasteiger partial charge on any atom is 0.277 e. The number of H-pyrrole nitrogens is 1. The Morgan fingerprint density at radius 2 is 2.07 bits per heavy atom. The van der Waals surface area contributed by atoms with Crippen molar-refractivity contribution < 1.29 is 4.74 Å². The lowest BCUT2D eigenvalue weighted by atomic mass is 10.1. The van der Waals surface area contributed by atoms with Crippen LogP contribution in [0.2, 0.25) is 5.15 Å². The van der Waals surface area contributed by atoms with E-state index < -0.39 is 0 Å². The molecule has 0 aliphatic carbocycles. The number of methoxy groups -OCH3 is 1. The summed E-state index contributed by atoms with van der Waals surface area (Å²) in [6, 6.07) is 6.86. The van der Waals surface area contributed by atoms with Crippen molar-refractivity contribution in [3.63, 3.8) is 0 Å². The normalized spacial score (nSPS) is 11.1. The van der Waals surface area contributed by atoms with E-state index in [4.69, 9.17) is 27.9 Å². The van der Waals surface area contributed by atoms with Crippen LogP contribution in [-0.4, -0.2) is 39.9 Å². The van der Waals surface area contributed by atoms with E-state index in [-0.39, 0.29) is 16.5 Å². The Kier molecular flexibility index (Phi) is 7.08. The summed E-state index contributed by atoms with van der Waals surface area (Å²) in [6.45, 7) is 4.00. The Morgan fingerprint density at radius 3 is 2.69 bits per heavy atom. The highest BCUT2D eigenvalue weighted by molar-refractivity contribution is 6.30. The molecule has 1 aromatic carbocycles. The van der Waals surface area contributed by atoms with Gasteiger partial charge in [0.05, 0.1) is 24.0 Å². The van der Waals surface area contributed by atoms with E-state index in [1.54, 1.807) is 38.4 Å². The third kappa shape index (κ3) is 4.61. The summed E-state index contributed by atoms with van der Waals surface area (Å²) in [4.78, 5) is 16.6. The summed E-state index contributed by atoms with van der Waals surface area (Å²) >= 11 is 6.09. The van der Waals surface area contributed by atoms with Gasteiger partial charge in [0.25, 0.3) is 5.56 Å². The first-order valence-electron chi connectivity index (χ1n) is 8.84. The molecule has 10 nitrogen and oxygen atoms in total. The molecule has 0 aliphatic heterocycles.